The number of carbonyl (C=O) groups is 2. The minimum Gasteiger partial charge on any atom is -0.466 e. The maximum absolute atomic E-state index is 12.0. The van der Waals surface area contributed by atoms with Crippen LogP contribution in [0.2, 0.25) is 0 Å². The smallest absolute Gasteiger partial charge is 0.334 e. The Hall–Kier alpha value is -2.70. The summed E-state index contributed by atoms with van der Waals surface area (Å²) in [4.78, 5) is 33.9. The molecule has 0 N–H and O–H groups in total. The van der Waals surface area contributed by atoms with Gasteiger partial charge < -0.3 is 9.47 Å². The van der Waals surface area contributed by atoms with Crippen molar-refractivity contribution in [2.75, 3.05) is 13.2 Å². The van der Waals surface area contributed by atoms with Gasteiger partial charge in [-0.05, 0) is 32.4 Å². The molecule has 0 atom stereocenters. The second-order valence-corrected chi connectivity index (χ2v) is 4.51. The summed E-state index contributed by atoms with van der Waals surface area (Å²) in [5.74, 6) is -1.04. The van der Waals surface area contributed by atoms with Crippen molar-refractivity contribution in [3.8, 4) is 0 Å². The highest BCUT2D eigenvalue weighted by atomic mass is 16.6. The first kappa shape index (κ1) is 18.3. The zero-order chi connectivity index (χ0) is 17.2. The summed E-state index contributed by atoms with van der Waals surface area (Å²) in [6, 6.07) is 6.05. The van der Waals surface area contributed by atoms with Crippen LogP contribution in [-0.2, 0) is 19.1 Å². The van der Waals surface area contributed by atoms with Crippen LogP contribution < -0.4 is 0 Å². The molecule has 1 aromatic rings. The maximum atomic E-state index is 12.0. The number of ether oxygens (including phenoxy) is 2. The van der Waals surface area contributed by atoms with Gasteiger partial charge in [0.2, 0.25) is 0 Å². The number of benzene rings is 1. The minimum absolute atomic E-state index is 0.000874. The van der Waals surface area contributed by atoms with Gasteiger partial charge in [-0.3, -0.25) is 14.9 Å². The van der Waals surface area contributed by atoms with Gasteiger partial charge in [-0.2, -0.15) is 0 Å². The molecule has 0 aromatic heterocycles. The monoisotopic (exact) mass is 321 g/mol. The largest absolute Gasteiger partial charge is 0.466 e. The molecule has 1 rings (SSSR count). The van der Waals surface area contributed by atoms with Crippen LogP contribution in [0.5, 0.6) is 0 Å². The summed E-state index contributed by atoms with van der Waals surface area (Å²) < 4.78 is 9.76. The van der Waals surface area contributed by atoms with Crippen molar-refractivity contribution >= 4 is 23.7 Å². The average Bonchev–Trinajstić information content (AvgIpc) is 2.52. The first-order valence-electron chi connectivity index (χ1n) is 7.26. The molecule has 7 heteroatoms. The highest BCUT2D eigenvalue weighted by Gasteiger charge is 2.17. The van der Waals surface area contributed by atoms with E-state index in [2.05, 4.69) is 0 Å². The van der Waals surface area contributed by atoms with Crippen molar-refractivity contribution in [3.05, 3.63) is 45.5 Å². The van der Waals surface area contributed by atoms with Crippen molar-refractivity contribution in [2.24, 2.45) is 0 Å². The predicted molar refractivity (Wildman–Crippen MR) is 83.6 cm³/mol. The van der Waals surface area contributed by atoms with Crippen LogP contribution in [0.3, 0.4) is 0 Å². The summed E-state index contributed by atoms with van der Waals surface area (Å²) in [6.45, 7) is 3.77. The van der Waals surface area contributed by atoms with E-state index in [-0.39, 0.29) is 42.9 Å². The number of esters is 2. The number of hydrogen-bond acceptors (Lipinski definition) is 6. The molecule has 124 valence electrons. The quantitative estimate of drug-likeness (QED) is 0.316. The van der Waals surface area contributed by atoms with Crippen LogP contribution in [-0.4, -0.2) is 30.1 Å². The fraction of sp³-hybridized carbons (Fsp3) is 0.375. The number of carbonyl (C=O) groups excluding carboxylic acids is 2. The normalized spacial score (nSPS) is 11.0. The van der Waals surface area contributed by atoms with E-state index in [1.807, 2.05) is 0 Å². The second-order valence-electron chi connectivity index (χ2n) is 4.51. The SMILES string of the molecule is CCOC(=O)CC/C(=C\c1ccccc1[N+](=O)[O-])C(=O)OCC. The van der Waals surface area contributed by atoms with E-state index in [1.165, 1.54) is 24.3 Å². The van der Waals surface area contributed by atoms with Gasteiger partial charge in [-0.15, -0.1) is 0 Å². The van der Waals surface area contributed by atoms with E-state index in [9.17, 15) is 19.7 Å². The lowest BCUT2D eigenvalue weighted by Crippen LogP contribution is -2.11. The van der Waals surface area contributed by atoms with Gasteiger partial charge in [0.05, 0.1) is 23.7 Å². The van der Waals surface area contributed by atoms with Gasteiger partial charge in [0.25, 0.3) is 5.69 Å². The van der Waals surface area contributed by atoms with E-state index in [0.717, 1.165) is 0 Å². The second kappa shape index (κ2) is 9.34. The zero-order valence-electron chi connectivity index (χ0n) is 13.1. The molecular weight excluding hydrogens is 302 g/mol. The van der Waals surface area contributed by atoms with Gasteiger partial charge >= 0.3 is 11.9 Å². The Kier molecular flexibility index (Phi) is 7.45. The van der Waals surface area contributed by atoms with Crippen LogP contribution in [0.15, 0.2) is 29.8 Å². The van der Waals surface area contributed by atoms with Crippen molar-refractivity contribution in [2.45, 2.75) is 26.7 Å². The van der Waals surface area contributed by atoms with Crippen LogP contribution in [0.4, 0.5) is 5.69 Å². The molecule has 0 saturated heterocycles. The number of hydrogen-bond donors (Lipinski definition) is 0. The molecule has 0 amide bonds. The van der Waals surface area contributed by atoms with Gasteiger partial charge in [0.1, 0.15) is 0 Å². The lowest BCUT2D eigenvalue weighted by molar-refractivity contribution is -0.385. The Bertz CT molecular complexity index is 608. The van der Waals surface area contributed by atoms with E-state index in [0.29, 0.717) is 0 Å². The molecule has 0 unspecified atom stereocenters. The Morgan fingerprint density at radius 3 is 2.39 bits per heavy atom. The molecule has 0 aliphatic rings. The Morgan fingerprint density at radius 1 is 1.13 bits per heavy atom. The van der Waals surface area contributed by atoms with Crippen molar-refractivity contribution in [1.82, 2.24) is 0 Å². The van der Waals surface area contributed by atoms with Crippen LogP contribution in [0, 0.1) is 10.1 Å². The summed E-state index contributed by atoms with van der Waals surface area (Å²) in [6.07, 6.45) is 1.47. The molecular formula is C16H19NO6. The van der Waals surface area contributed by atoms with Crippen LogP contribution in [0.25, 0.3) is 6.08 Å². The fourth-order valence-corrected chi connectivity index (χ4v) is 1.89. The average molecular weight is 321 g/mol. The molecule has 0 saturated carbocycles. The molecule has 23 heavy (non-hydrogen) atoms. The number of rotatable bonds is 8. The maximum Gasteiger partial charge on any atom is 0.334 e. The lowest BCUT2D eigenvalue weighted by atomic mass is 10.0. The van der Waals surface area contributed by atoms with E-state index >= 15 is 0 Å². The van der Waals surface area contributed by atoms with E-state index < -0.39 is 16.9 Å². The van der Waals surface area contributed by atoms with Crippen LogP contribution >= 0.6 is 0 Å². The van der Waals surface area contributed by atoms with Crippen molar-refractivity contribution < 1.29 is 24.0 Å². The van der Waals surface area contributed by atoms with Crippen molar-refractivity contribution in [1.29, 1.82) is 0 Å². The number of nitro groups is 1. The molecule has 1 aromatic carbocycles. The number of para-hydroxylation sites is 1. The first-order chi connectivity index (χ1) is 11.0. The minimum atomic E-state index is -0.602. The van der Waals surface area contributed by atoms with E-state index in [4.69, 9.17) is 9.47 Å². The van der Waals surface area contributed by atoms with Gasteiger partial charge in [-0.25, -0.2) is 4.79 Å². The molecule has 0 bridgehead atoms. The third kappa shape index (κ3) is 5.90. The summed E-state index contributed by atoms with van der Waals surface area (Å²) in [7, 11) is 0. The highest BCUT2D eigenvalue weighted by Crippen LogP contribution is 2.22. The summed E-state index contributed by atoms with van der Waals surface area (Å²) >= 11 is 0. The topological polar surface area (TPSA) is 95.7 Å². The predicted octanol–water partition coefficient (Wildman–Crippen LogP) is 2.88. The van der Waals surface area contributed by atoms with Gasteiger partial charge in [0.15, 0.2) is 0 Å². The van der Waals surface area contributed by atoms with Crippen molar-refractivity contribution in [3.63, 3.8) is 0 Å². The third-order valence-corrected chi connectivity index (χ3v) is 2.90. The molecule has 0 radical (unpaired) electrons. The molecule has 0 aliphatic carbocycles. The molecule has 0 aliphatic heterocycles. The Labute approximate surface area is 134 Å². The number of nitrogens with zero attached hydrogens (tertiary/aromatic N) is 1. The van der Waals surface area contributed by atoms with Gasteiger partial charge in [0, 0.05) is 18.1 Å². The fourth-order valence-electron chi connectivity index (χ4n) is 1.89. The lowest BCUT2D eigenvalue weighted by Gasteiger charge is -2.07. The molecule has 0 heterocycles. The summed E-state index contributed by atoms with van der Waals surface area (Å²) in [5.41, 5.74) is 0.351. The van der Waals surface area contributed by atoms with Crippen LogP contribution in [0.1, 0.15) is 32.3 Å². The highest BCUT2D eigenvalue weighted by molar-refractivity contribution is 5.95. The Morgan fingerprint density at radius 2 is 1.78 bits per heavy atom. The third-order valence-electron chi connectivity index (χ3n) is 2.90. The van der Waals surface area contributed by atoms with Gasteiger partial charge in [-0.1, -0.05) is 12.1 Å². The first-order valence-corrected chi connectivity index (χ1v) is 7.26. The Balaban J connectivity index is 3.06. The standard InChI is InChI=1S/C16H19NO6/c1-3-22-15(18)10-9-13(16(19)23-4-2)11-12-7-5-6-8-14(12)17(20)21/h5-8,11H,3-4,9-10H2,1-2H3/b13-11+. The van der Waals surface area contributed by atoms with E-state index in [1.54, 1.807) is 19.9 Å². The molecule has 0 spiro atoms. The molecule has 0 fully saturated rings. The molecule has 7 nitrogen and oxygen atoms in total. The number of nitro benzene ring substituents is 1. The summed E-state index contributed by atoms with van der Waals surface area (Å²) in [5, 5.41) is 11.0. The zero-order valence-corrected chi connectivity index (χ0v) is 13.1.